The quantitative estimate of drug-likeness (QED) is 0.730. The molecule has 1 unspecified atom stereocenters. The molecule has 1 nitrogen and oxygen atoms in total. The third kappa shape index (κ3) is 2.32. The van der Waals surface area contributed by atoms with Gasteiger partial charge in [0.15, 0.2) is 0 Å². The van der Waals surface area contributed by atoms with E-state index >= 15 is 0 Å². The molecule has 0 aromatic carbocycles. The summed E-state index contributed by atoms with van der Waals surface area (Å²) in [7, 11) is 2.11. The van der Waals surface area contributed by atoms with Gasteiger partial charge >= 0.3 is 0 Å². The van der Waals surface area contributed by atoms with Crippen molar-refractivity contribution in [3.8, 4) is 12.3 Å². The molecule has 1 heteroatoms. The summed E-state index contributed by atoms with van der Waals surface area (Å²) in [5, 5.41) is 3.52. The molecule has 4 bridgehead atoms. The zero-order valence-electron chi connectivity index (χ0n) is 11.8. The van der Waals surface area contributed by atoms with Crippen LogP contribution in [0.3, 0.4) is 0 Å². The number of hydrogen-bond acceptors (Lipinski definition) is 1. The van der Waals surface area contributed by atoms with Gasteiger partial charge in [0.2, 0.25) is 0 Å². The maximum Gasteiger partial charge on any atom is 0.0101 e. The zero-order chi connectivity index (χ0) is 12.6. The summed E-state index contributed by atoms with van der Waals surface area (Å²) in [6.07, 6.45) is 18.1. The van der Waals surface area contributed by atoms with E-state index in [0.29, 0.717) is 11.5 Å². The number of terminal acetylenes is 1. The molecule has 4 fully saturated rings. The number of rotatable bonds is 5. The number of hydrogen-bond donors (Lipinski definition) is 1. The zero-order valence-corrected chi connectivity index (χ0v) is 11.8. The van der Waals surface area contributed by atoms with Gasteiger partial charge in [0.25, 0.3) is 0 Å². The van der Waals surface area contributed by atoms with E-state index in [-0.39, 0.29) is 0 Å². The monoisotopic (exact) mass is 245 g/mol. The molecular formula is C17H27N. The van der Waals surface area contributed by atoms with Crippen LogP contribution in [0, 0.1) is 35.5 Å². The van der Waals surface area contributed by atoms with E-state index in [1.165, 1.54) is 25.7 Å². The van der Waals surface area contributed by atoms with E-state index in [0.717, 1.165) is 30.6 Å². The molecule has 4 saturated carbocycles. The Morgan fingerprint density at radius 3 is 2.17 bits per heavy atom. The second-order valence-electron chi connectivity index (χ2n) is 7.35. The lowest BCUT2D eigenvalue weighted by atomic mass is 9.48. The SMILES string of the molecule is C#CCCC(CC12CC3CC(CC(C3)C1)C2)NC. The van der Waals surface area contributed by atoms with Crippen LogP contribution in [-0.4, -0.2) is 13.1 Å². The summed E-state index contributed by atoms with van der Waals surface area (Å²) in [4.78, 5) is 0. The molecule has 18 heavy (non-hydrogen) atoms. The minimum Gasteiger partial charge on any atom is -0.317 e. The predicted molar refractivity (Wildman–Crippen MR) is 76.1 cm³/mol. The minimum absolute atomic E-state index is 0.650. The van der Waals surface area contributed by atoms with Gasteiger partial charge in [0.1, 0.15) is 0 Å². The summed E-state index contributed by atoms with van der Waals surface area (Å²) < 4.78 is 0. The summed E-state index contributed by atoms with van der Waals surface area (Å²) in [5.41, 5.74) is 0.691. The Hall–Kier alpha value is -0.480. The molecule has 0 saturated heterocycles. The van der Waals surface area contributed by atoms with Crippen molar-refractivity contribution < 1.29 is 0 Å². The van der Waals surface area contributed by atoms with Crippen LogP contribution in [0.2, 0.25) is 0 Å². The van der Waals surface area contributed by atoms with E-state index < -0.39 is 0 Å². The fourth-order valence-electron chi connectivity index (χ4n) is 5.67. The lowest BCUT2D eigenvalue weighted by molar-refractivity contribution is -0.0619. The molecule has 0 heterocycles. The van der Waals surface area contributed by atoms with Gasteiger partial charge in [0, 0.05) is 12.5 Å². The highest BCUT2D eigenvalue weighted by atomic mass is 14.9. The van der Waals surface area contributed by atoms with Crippen molar-refractivity contribution >= 4 is 0 Å². The van der Waals surface area contributed by atoms with Crippen molar-refractivity contribution in [1.82, 2.24) is 5.32 Å². The van der Waals surface area contributed by atoms with Crippen LogP contribution in [0.15, 0.2) is 0 Å². The Kier molecular flexibility index (Phi) is 3.41. The van der Waals surface area contributed by atoms with Gasteiger partial charge in [0.05, 0.1) is 0 Å². The predicted octanol–water partition coefficient (Wildman–Crippen LogP) is 3.59. The van der Waals surface area contributed by atoms with Crippen LogP contribution in [-0.2, 0) is 0 Å². The van der Waals surface area contributed by atoms with Crippen molar-refractivity contribution in [2.45, 2.75) is 63.8 Å². The third-order valence-electron chi connectivity index (χ3n) is 5.89. The first-order chi connectivity index (χ1) is 8.73. The van der Waals surface area contributed by atoms with Crippen LogP contribution >= 0.6 is 0 Å². The maximum atomic E-state index is 5.41. The second kappa shape index (κ2) is 4.89. The van der Waals surface area contributed by atoms with Gasteiger partial charge in [-0.25, -0.2) is 0 Å². The first-order valence-electron chi connectivity index (χ1n) is 7.84. The van der Waals surface area contributed by atoms with E-state index in [1.54, 1.807) is 19.3 Å². The molecule has 0 spiro atoms. The maximum absolute atomic E-state index is 5.41. The topological polar surface area (TPSA) is 12.0 Å². The lowest BCUT2D eigenvalue weighted by Gasteiger charge is -2.57. The average molecular weight is 245 g/mol. The molecule has 100 valence electrons. The molecule has 0 amide bonds. The van der Waals surface area contributed by atoms with Gasteiger partial charge < -0.3 is 5.32 Å². The standard InChI is InChI=1S/C17H27N/c1-3-4-5-16(18-2)12-17-9-13-6-14(10-17)8-15(7-13)11-17/h1,13-16,18H,4-12H2,2H3. The van der Waals surface area contributed by atoms with Gasteiger partial charge in [-0.05, 0) is 81.6 Å². The summed E-state index contributed by atoms with van der Waals surface area (Å²) in [5.74, 6) is 6.01. The van der Waals surface area contributed by atoms with Crippen LogP contribution in [0.25, 0.3) is 0 Å². The fourth-order valence-corrected chi connectivity index (χ4v) is 5.67. The normalized spacial score (nSPS) is 42.8. The van der Waals surface area contributed by atoms with E-state index in [4.69, 9.17) is 6.42 Å². The Morgan fingerprint density at radius 2 is 1.72 bits per heavy atom. The molecular weight excluding hydrogens is 218 g/mol. The molecule has 4 aliphatic carbocycles. The van der Waals surface area contributed by atoms with E-state index in [2.05, 4.69) is 18.3 Å². The van der Waals surface area contributed by atoms with Gasteiger partial charge in [-0.2, -0.15) is 0 Å². The first kappa shape index (κ1) is 12.5. The number of nitrogens with one attached hydrogen (secondary N) is 1. The average Bonchev–Trinajstić information content (AvgIpc) is 2.32. The molecule has 0 aromatic rings. The Labute approximate surface area is 112 Å². The molecule has 0 aliphatic heterocycles. The van der Waals surface area contributed by atoms with Gasteiger partial charge in [-0.3, -0.25) is 0 Å². The highest BCUT2D eigenvalue weighted by molar-refractivity contribution is 5.02. The minimum atomic E-state index is 0.650. The molecule has 1 N–H and O–H groups in total. The Morgan fingerprint density at radius 1 is 1.17 bits per heavy atom. The van der Waals surface area contributed by atoms with Crippen molar-refractivity contribution in [3.63, 3.8) is 0 Å². The summed E-state index contributed by atoms with van der Waals surface area (Å²) in [6, 6.07) is 0.650. The Bertz CT molecular complexity index is 303. The van der Waals surface area contributed by atoms with Crippen molar-refractivity contribution in [2.75, 3.05) is 7.05 Å². The molecule has 4 rings (SSSR count). The smallest absolute Gasteiger partial charge is 0.0101 e. The second-order valence-corrected chi connectivity index (χ2v) is 7.35. The van der Waals surface area contributed by atoms with Crippen LogP contribution in [0.5, 0.6) is 0 Å². The first-order valence-corrected chi connectivity index (χ1v) is 7.84. The highest BCUT2D eigenvalue weighted by Crippen LogP contribution is 2.61. The lowest BCUT2D eigenvalue weighted by Crippen LogP contribution is -2.48. The van der Waals surface area contributed by atoms with Crippen LogP contribution in [0.4, 0.5) is 0 Å². The largest absolute Gasteiger partial charge is 0.317 e. The van der Waals surface area contributed by atoms with Crippen molar-refractivity contribution in [2.24, 2.45) is 23.2 Å². The van der Waals surface area contributed by atoms with Crippen molar-refractivity contribution in [3.05, 3.63) is 0 Å². The van der Waals surface area contributed by atoms with E-state index in [1.807, 2.05) is 0 Å². The van der Waals surface area contributed by atoms with Crippen molar-refractivity contribution in [1.29, 1.82) is 0 Å². The molecule has 4 aliphatic rings. The van der Waals surface area contributed by atoms with Gasteiger partial charge in [-0.1, -0.05) is 0 Å². The third-order valence-corrected chi connectivity index (χ3v) is 5.89. The Balaban J connectivity index is 1.66. The highest BCUT2D eigenvalue weighted by Gasteiger charge is 2.51. The molecule has 1 atom stereocenters. The van der Waals surface area contributed by atoms with E-state index in [9.17, 15) is 0 Å². The van der Waals surface area contributed by atoms with Crippen LogP contribution < -0.4 is 5.32 Å². The summed E-state index contributed by atoms with van der Waals surface area (Å²) >= 11 is 0. The molecule has 0 radical (unpaired) electrons. The van der Waals surface area contributed by atoms with Gasteiger partial charge in [-0.15, -0.1) is 12.3 Å². The van der Waals surface area contributed by atoms with Crippen LogP contribution in [0.1, 0.15) is 57.8 Å². The summed E-state index contributed by atoms with van der Waals surface area (Å²) in [6.45, 7) is 0. The fraction of sp³-hybridized carbons (Fsp3) is 0.882. The molecule has 0 aromatic heterocycles.